The van der Waals surface area contributed by atoms with Gasteiger partial charge in [0.2, 0.25) is 0 Å². The number of nitrogens with one attached hydrogen (secondary N) is 2. The predicted molar refractivity (Wildman–Crippen MR) is 98.1 cm³/mol. The molecule has 1 aliphatic heterocycles. The van der Waals surface area contributed by atoms with E-state index in [1.807, 2.05) is 0 Å². The van der Waals surface area contributed by atoms with Crippen LogP contribution in [-0.2, 0) is 5.66 Å². The second-order valence-electron chi connectivity index (χ2n) is 6.11. The number of H-pyrrole nitrogens is 1. The zero-order valence-corrected chi connectivity index (χ0v) is 15.7. The number of carbonyl (C=O) groups is 1. The number of nitrogens with zero attached hydrogens (tertiary/aromatic N) is 2. The molecule has 9 heteroatoms. The molecule has 0 saturated carbocycles. The van der Waals surface area contributed by atoms with Crippen molar-refractivity contribution < 1.29 is 13.6 Å². The Bertz CT molecular complexity index is 722. The molecule has 0 spiro atoms. The molecule has 2 N–H and O–H groups in total. The van der Waals surface area contributed by atoms with Crippen molar-refractivity contribution in [3.05, 3.63) is 28.8 Å². The first-order valence-electron chi connectivity index (χ1n) is 8.27. The summed E-state index contributed by atoms with van der Waals surface area (Å²) in [6.07, 6.45) is 3.46. The Morgan fingerprint density at radius 2 is 2.16 bits per heavy atom. The summed E-state index contributed by atoms with van der Waals surface area (Å²) in [7, 11) is 1.47. The van der Waals surface area contributed by atoms with Crippen molar-refractivity contribution >= 4 is 26.5 Å². The van der Waals surface area contributed by atoms with Gasteiger partial charge in [-0.3, -0.25) is 9.89 Å². The fourth-order valence-electron chi connectivity index (χ4n) is 2.81. The lowest BCUT2D eigenvalue weighted by molar-refractivity contribution is 0.0954. The van der Waals surface area contributed by atoms with Gasteiger partial charge in [0.15, 0.2) is 0 Å². The summed E-state index contributed by atoms with van der Waals surface area (Å²) in [5.41, 5.74) is -2.90. The molecule has 1 atom stereocenters. The van der Waals surface area contributed by atoms with Crippen LogP contribution in [0.2, 0.25) is 0 Å². The summed E-state index contributed by atoms with van der Waals surface area (Å²) in [5.74, 6) is -0.134. The van der Waals surface area contributed by atoms with Crippen molar-refractivity contribution in [1.82, 2.24) is 20.4 Å². The van der Waals surface area contributed by atoms with Crippen LogP contribution in [0.1, 0.15) is 34.6 Å². The van der Waals surface area contributed by atoms with E-state index < -0.39 is 5.66 Å². The lowest BCUT2D eigenvalue weighted by Crippen LogP contribution is -2.28. The van der Waals surface area contributed by atoms with Gasteiger partial charge in [-0.25, -0.2) is 0 Å². The van der Waals surface area contributed by atoms with Crippen molar-refractivity contribution in [3.63, 3.8) is 0 Å². The molecule has 1 fully saturated rings. The monoisotopic (exact) mass is 386 g/mol. The van der Waals surface area contributed by atoms with Gasteiger partial charge in [-0.1, -0.05) is 9.24 Å². The van der Waals surface area contributed by atoms with E-state index >= 15 is 0 Å². The quantitative estimate of drug-likeness (QED) is 0.567. The van der Waals surface area contributed by atoms with Crippen molar-refractivity contribution in [2.45, 2.75) is 24.9 Å². The van der Waals surface area contributed by atoms with Crippen LogP contribution in [-0.4, -0.2) is 47.2 Å². The topological polar surface area (TPSA) is 61.0 Å². The largest absolute Gasteiger partial charge is 0.351 e. The molecule has 25 heavy (non-hydrogen) atoms. The number of halogens is 2. The smallest absolute Gasteiger partial charge is 0.299 e. The number of carbonyl (C=O) groups excluding carboxylic acids is 1. The Kier molecular flexibility index (Phi) is 5.81. The minimum Gasteiger partial charge on any atom is -0.351 e. The van der Waals surface area contributed by atoms with Crippen molar-refractivity contribution in [2.24, 2.45) is 0 Å². The number of likely N-dealkylation sites (tertiary alicyclic amines) is 1. The van der Waals surface area contributed by atoms with E-state index in [1.54, 1.807) is 12.1 Å². The summed E-state index contributed by atoms with van der Waals surface area (Å²) in [6, 6.07) is 4.73. The Morgan fingerprint density at radius 1 is 1.40 bits per heavy atom. The number of aromatic amines is 1. The molecule has 1 amide bonds. The molecule has 3 rings (SSSR count). The van der Waals surface area contributed by atoms with Crippen LogP contribution in [0, 0.1) is 0 Å². The summed E-state index contributed by atoms with van der Waals surface area (Å²) in [4.78, 5) is 15.8. The lowest BCUT2D eigenvalue weighted by Gasteiger charge is -2.14. The van der Waals surface area contributed by atoms with Crippen LogP contribution >= 0.6 is 20.6 Å². The highest BCUT2D eigenvalue weighted by Gasteiger charge is 2.27. The minimum atomic E-state index is -3.04. The van der Waals surface area contributed by atoms with Gasteiger partial charge in [-0.15, -0.1) is 11.3 Å². The SMILES string of the molecule is O=C(NCCCN1CCCC1)c1ccc(-c2cc(C(F)(F)P)[nH]n2)s1. The molecule has 5 nitrogen and oxygen atoms in total. The molecule has 1 saturated heterocycles. The second-order valence-corrected chi connectivity index (χ2v) is 7.92. The van der Waals surface area contributed by atoms with Crippen LogP contribution in [0.5, 0.6) is 0 Å². The van der Waals surface area contributed by atoms with E-state index in [4.69, 9.17) is 0 Å². The zero-order chi connectivity index (χ0) is 17.9. The molecular formula is C16H21F2N4OPS. The maximum Gasteiger partial charge on any atom is 0.299 e. The summed E-state index contributed by atoms with van der Waals surface area (Å²) in [6.45, 7) is 3.95. The van der Waals surface area contributed by atoms with Crippen LogP contribution < -0.4 is 5.32 Å². The van der Waals surface area contributed by atoms with E-state index in [-0.39, 0.29) is 11.6 Å². The van der Waals surface area contributed by atoms with Gasteiger partial charge in [0.05, 0.1) is 9.75 Å². The number of hydrogen-bond acceptors (Lipinski definition) is 4. The highest BCUT2D eigenvalue weighted by molar-refractivity contribution is 7.18. The van der Waals surface area contributed by atoms with Gasteiger partial charge >= 0.3 is 0 Å². The molecular weight excluding hydrogens is 365 g/mol. The number of thiophene rings is 1. The Morgan fingerprint density at radius 3 is 2.84 bits per heavy atom. The molecule has 2 aromatic rings. The first-order chi connectivity index (χ1) is 11.9. The number of aromatic nitrogens is 2. The normalized spacial score (nSPS) is 15.6. The molecule has 0 bridgehead atoms. The fourth-order valence-corrected chi connectivity index (χ4v) is 3.85. The lowest BCUT2D eigenvalue weighted by atomic mass is 10.3. The second kappa shape index (κ2) is 7.89. The predicted octanol–water partition coefficient (Wildman–Crippen LogP) is 3.28. The minimum absolute atomic E-state index is 0.134. The highest BCUT2D eigenvalue weighted by Crippen LogP contribution is 2.36. The molecule has 0 aliphatic carbocycles. The van der Waals surface area contributed by atoms with Crippen LogP contribution in [0.3, 0.4) is 0 Å². The van der Waals surface area contributed by atoms with Crippen LogP contribution in [0.4, 0.5) is 8.78 Å². The zero-order valence-electron chi connectivity index (χ0n) is 13.7. The van der Waals surface area contributed by atoms with E-state index in [1.165, 1.54) is 39.5 Å². The number of rotatable bonds is 7. The number of hydrogen-bond donors (Lipinski definition) is 2. The summed E-state index contributed by atoms with van der Waals surface area (Å²) in [5, 5.41) is 9.14. The summed E-state index contributed by atoms with van der Waals surface area (Å²) >= 11 is 1.24. The van der Waals surface area contributed by atoms with Crippen LogP contribution in [0.25, 0.3) is 10.6 Å². The van der Waals surface area contributed by atoms with Crippen molar-refractivity contribution in [3.8, 4) is 10.6 Å². The highest BCUT2D eigenvalue weighted by atomic mass is 32.1. The summed E-state index contributed by atoms with van der Waals surface area (Å²) < 4.78 is 26.5. The maximum absolute atomic E-state index is 13.2. The first kappa shape index (κ1) is 18.4. The van der Waals surface area contributed by atoms with Gasteiger partial charge in [0, 0.05) is 6.54 Å². The van der Waals surface area contributed by atoms with Gasteiger partial charge in [-0.2, -0.15) is 13.9 Å². The maximum atomic E-state index is 13.2. The third kappa shape index (κ3) is 4.84. The van der Waals surface area contributed by atoms with E-state index in [2.05, 4.69) is 20.4 Å². The van der Waals surface area contributed by atoms with Crippen molar-refractivity contribution in [1.29, 1.82) is 0 Å². The Labute approximate surface area is 151 Å². The molecule has 0 aromatic carbocycles. The third-order valence-electron chi connectivity index (χ3n) is 4.15. The standard InChI is InChI=1S/C16H21F2N4OPS/c17-16(18,24)14-10-11(20-21-14)12-4-5-13(25-12)15(23)19-6-3-9-22-7-1-2-8-22/h4-5,10H,1-3,6-9,24H2,(H,19,23)(H,20,21). The molecule has 136 valence electrons. The number of alkyl halides is 2. The average Bonchev–Trinajstić information content (AvgIpc) is 3.31. The molecule has 2 aromatic heterocycles. The fraction of sp³-hybridized carbons (Fsp3) is 0.500. The average molecular weight is 386 g/mol. The first-order valence-corrected chi connectivity index (χ1v) is 9.66. The van der Waals surface area contributed by atoms with E-state index in [0.717, 1.165) is 26.1 Å². The molecule has 0 radical (unpaired) electrons. The van der Waals surface area contributed by atoms with Gasteiger partial charge in [0.25, 0.3) is 11.6 Å². The van der Waals surface area contributed by atoms with Crippen molar-refractivity contribution in [2.75, 3.05) is 26.2 Å². The van der Waals surface area contributed by atoms with Gasteiger partial charge in [-0.05, 0) is 57.1 Å². The molecule has 1 aliphatic rings. The molecule has 1 unspecified atom stereocenters. The van der Waals surface area contributed by atoms with E-state index in [0.29, 0.717) is 22.0 Å². The third-order valence-corrected chi connectivity index (χ3v) is 5.57. The van der Waals surface area contributed by atoms with Gasteiger partial charge < -0.3 is 10.2 Å². The van der Waals surface area contributed by atoms with Crippen LogP contribution in [0.15, 0.2) is 18.2 Å². The van der Waals surface area contributed by atoms with E-state index in [9.17, 15) is 13.6 Å². The Hall–Kier alpha value is -1.37. The number of amides is 1. The Balaban J connectivity index is 1.51. The molecule has 3 heterocycles. The van der Waals surface area contributed by atoms with Gasteiger partial charge in [0.1, 0.15) is 11.4 Å².